The summed E-state index contributed by atoms with van der Waals surface area (Å²) < 4.78 is 3.73. The Hall–Kier alpha value is -2.64. The zero-order valence-corrected chi connectivity index (χ0v) is 15.5. The molecule has 1 N–H and O–H groups in total. The van der Waals surface area contributed by atoms with Gasteiger partial charge in [-0.05, 0) is 31.4 Å². The Balaban J connectivity index is 1.30. The largest absolute Gasteiger partial charge is 0.350 e. The van der Waals surface area contributed by atoms with Crippen LogP contribution in [0.15, 0.2) is 24.5 Å². The first-order valence-corrected chi connectivity index (χ1v) is 9.77. The molecule has 0 spiro atoms. The van der Waals surface area contributed by atoms with Gasteiger partial charge in [-0.2, -0.15) is 10.2 Å². The van der Waals surface area contributed by atoms with Crippen molar-refractivity contribution in [2.45, 2.75) is 58.3 Å². The summed E-state index contributed by atoms with van der Waals surface area (Å²) in [4.78, 5) is 26.6. The quantitative estimate of drug-likeness (QED) is 0.831. The van der Waals surface area contributed by atoms with Crippen LogP contribution in [0.2, 0.25) is 0 Å². The van der Waals surface area contributed by atoms with E-state index < -0.39 is 0 Å². The molecule has 8 heteroatoms. The van der Waals surface area contributed by atoms with Crippen LogP contribution in [-0.2, 0) is 35.8 Å². The first-order valence-electron chi connectivity index (χ1n) is 9.77. The van der Waals surface area contributed by atoms with Crippen LogP contribution in [0.4, 0.5) is 0 Å². The number of aromatic nitrogens is 4. The minimum atomic E-state index is -0.0181. The van der Waals surface area contributed by atoms with Gasteiger partial charge in [-0.1, -0.05) is 6.42 Å². The molecule has 0 aromatic carbocycles. The molecule has 2 aromatic rings. The molecule has 27 heavy (non-hydrogen) atoms. The molecule has 0 radical (unpaired) electrons. The van der Waals surface area contributed by atoms with Gasteiger partial charge in [0, 0.05) is 44.4 Å². The van der Waals surface area contributed by atoms with Crippen LogP contribution < -0.4 is 5.32 Å². The van der Waals surface area contributed by atoms with Crippen LogP contribution in [0.3, 0.4) is 0 Å². The van der Waals surface area contributed by atoms with E-state index in [0.717, 1.165) is 43.7 Å². The Morgan fingerprint density at radius 3 is 2.85 bits per heavy atom. The molecule has 4 rings (SSSR count). The highest BCUT2D eigenvalue weighted by Crippen LogP contribution is 2.29. The molecule has 0 saturated heterocycles. The first kappa shape index (κ1) is 17.8. The summed E-state index contributed by atoms with van der Waals surface area (Å²) in [5.74, 6) is 0.507. The summed E-state index contributed by atoms with van der Waals surface area (Å²) in [5, 5.41) is 11.6. The van der Waals surface area contributed by atoms with Crippen LogP contribution in [-0.4, -0.2) is 42.8 Å². The predicted molar refractivity (Wildman–Crippen MR) is 98.3 cm³/mol. The molecule has 1 aliphatic heterocycles. The molecule has 1 fully saturated rings. The summed E-state index contributed by atoms with van der Waals surface area (Å²) in [6.07, 6.45) is 8.09. The van der Waals surface area contributed by atoms with E-state index >= 15 is 0 Å². The lowest BCUT2D eigenvalue weighted by atomic mass is 9.84. The van der Waals surface area contributed by atoms with Gasteiger partial charge < -0.3 is 10.2 Å². The minimum absolute atomic E-state index is 0.0181. The number of carbonyl (C=O) groups excluding carboxylic acids is 2. The molecule has 0 bridgehead atoms. The Kier molecular flexibility index (Phi) is 5.22. The van der Waals surface area contributed by atoms with Crippen molar-refractivity contribution in [3.05, 3.63) is 35.9 Å². The fourth-order valence-corrected chi connectivity index (χ4v) is 3.64. The normalized spacial score (nSPS) is 17.1. The number of fused-ring (bicyclic) bond motifs is 1. The van der Waals surface area contributed by atoms with E-state index in [4.69, 9.17) is 0 Å². The zero-order chi connectivity index (χ0) is 18.6. The van der Waals surface area contributed by atoms with Crippen molar-refractivity contribution in [2.24, 2.45) is 5.92 Å². The van der Waals surface area contributed by atoms with E-state index in [1.54, 1.807) is 10.9 Å². The Morgan fingerprint density at radius 1 is 1.22 bits per heavy atom. The van der Waals surface area contributed by atoms with Crippen molar-refractivity contribution in [1.29, 1.82) is 0 Å². The number of aryl methyl sites for hydroxylation is 2. The molecule has 2 aromatic heterocycles. The Labute approximate surface area is 158 Å². The van der Waals surface area contributed by atoms with Gasteiger partial charge in [0.1, 0.15) is 0 Å². The van der Waals surface area contributed by atoms with E-state index in [0.29, 0.717) is 32.0 Å². The van der Waals surface area contributed by atoms with Gasteiger partial charge in [0.25, 0.3) is 0 Å². The number of carbonyl (C=O) groups is 2. The van der Waals surface area contributed by atoms with Gasteiger partial charge in [-0.25, -0.2) is 0 Å². The van der Waals surface area contributed by atoms with E-state index in [1.165, 1.54) is 6.42 Å². The molecular formula is C19H26N6O2. The van der Waals surface area contributed by atoms with Crippen molar-refractivity contribution in [3.8, 4) is 0 Å². The van der Waals surface area contributed by atoms with Crippen molar-refractivity contribution in [1.82, 2.24) is 29.8 Å². The maximum atomic E-state index is 12.6. The predicted octanol–water partition coefficient (Wildman–Crippen LogP) is 1.32. The van der Waals surface area contributed by atoms with Crippen molar-refractivity contribution in [2.75, 3.05) is 6.54 Å². The van der Waals surface area contributed by atoms with E-state index in [9.17, 15) is 9.59 Å². The van der Waals surface area contributed by atoms with Gasteiger partial charge in [-0.3, -0.25) is 19.0 Å². The van der Waals surface area contributed by atoms with Gasteiger partial charge in [-0.15, -0.1) is 0 Å². The summed E-state index contributed by atoms with van der Waals surface area (Å²) in [6.45, 7) is 3.22. The highest BCUT2D eigenvalue weighted by Gasteiger charge is 2.30. The molecule has 2 aliphatic rings. The lowest BCUT2D eigenvalue weighted by Crippen LogP contribution is -2.38. The monoisotopic (exact) mass is 370 g/mol. The van der Waals surface area contributed by atoms with Crippen LogP contribution in [0.5, 0.6) is 0 Å². The average Bonchev–Trinajstić information content (AvgIpc) is 3.22. The third kappa shape index (κ3) is 4.20. The molecule has 0 unspecified atom stereocenters. The van der Waals surface area contributed by atoms with Crippen molar-refractivity contribution >= 4 is 11.8 Å². The number of hydrogen-bond donors (Lipinski definition) is 1. The Bertz CT molecular complexity index is 793. The fourth-order valence-electron chi connectivity index (χ4n) is 3.64. The number of rotatable bonds is 6. The Morgan fingerprint density at radius 2 is 2.11 bits per heavy atom. The second-order valence-corrected chi connectivity index (χ2v) is 7.39. The number of nitrogens with zero attached hydrogens (tertiary/aromatic N) is 5. The van der Waals surface area contributed by atoms with Crippen LogP contribution in [0, 0.1) is 5.92 Å². The molecular weight excluding hydrogens is 344 g/mol. The number of amides is 2. The molecule has 8 nitrogen and oxygen atoms in total. The molecule has 3 heterocycles. The molecule has 144 valence electrons. The van der Waals surface area contributed by atoms with Gasteiger partial charge >= 0.3 is 0 Å². The van der Waals surface area contributed by atoms with Gasteiger partial charge in [0.2, 0.25) is 11.8 Å². The average molecular weight is 370 g/mol. The van der Waals surface area contributed by atoms with Crippen LogP contribution in [0.25, 0.3) is 0 Å². The topological polar surface area (TPSA) is 85.1 Å². The second kappa shape index (κ2) is 7.94. The highest BCUT2D eigenvalue weighted by atomic mass is 16.2. The van der Waals surface area contributed by atoms with Gasteiger partial charge in [0.05, 0.1) is 24.5 Å². The van der Waals surface area contributed by atoms with E-state index in [-0.39, 0.29) is 11.8 Å². The maximum Gasteiger partial charge on any atom is 0.226 e. The number of hydrogen-bond acceptors (Lipinski definition) is 4. The van der Waals surface area contributed by atoms with Crippen LogP contribution in [0.1, 0.15) is 43.5 Å². The SMILES string of the molecule is O=C(CCn1cccn1)NCc1cc2n(n1)CCCN(C(=O)C1CCC1)C2. The summed E-state index contributed by atoms with van der Waals surface area (Å²) in [5.41, 5.74) is 1.90. The summed E-state index contributed by atoms with van der Waals surface area (Å²) in [7, 11) is 0. The lowest BCUT2D eigenvalue weighted by molar-refractivity contribution is -0.138. The standard InChI is InChI=1S/C19H26N6O2/c26-18(6-11-24-9-2-7-21-24)20-13-16-12-17-14-23(8-3-10-25(17)22-16)19(27)15-4-1-5-15/h2,7,9,12,15H,1,3-6,8,10-11,13-14H2,(H,20,26). The lowest BCUT2D eigenvalue weighted by Gasteiger charge is -2.30. The maximum absolute atomic E-state index is 12.6. The van der Waals surface area contributed by atoms with Gasteiger partial charge in [0.15, 0.2) is 0 Å². The smallest absolute Gasteiger partial charge is 0.226 e. The highest BCUT2D eigenvalue weighted by molar-refractivity contribution is 5.79. The third-order valence-corrected chi connectivity index (χ3v) is 5.42. The molecule has 1 aliphatic carbocycles. The molecule has 1 saturated carbocycles. The van der Waals surface area contributed by atoms with E-state index in [1.807, 2.05) is 27.9 Å². The summed E-state index contributed by atoms with van der Waals surface area (Å²) >= 11 is 0. The fraction of sp³-hybridized carbons (Fsp3) is 0.579. The molecule has 2 amide bonds. The minimum Gasteiger partial charge on any atom is -0.350 e. The third-order valence-electron chi connectivity index (χ3n) is 5.42. The second-order valence-electron chi connectivity index (χ2n) is 7.39. The summed E-state index contributed by atoms with van der Waals surface area (Å²) in [6, 6.07) is 3.86. The zero-order valence-electron chi connectivity index (χ0n) is 15.5. The first-order chi connectivity index (χ1) is 13.2. The van der Waals surface area contributed by atoms with Crippen LogP contribution >= 0.6 is 0 Å². The van der Waals surface area contributed by atoms with Crippen molar-refractivity contribution < 1.29 is 9.59 Å². The molecule has 0 atom stereocenters. The number of nitrogens with one attached hydrogen (secondary N) is 1. The van der Waals surface area contributed by atoms with Crippen molar-refractivity contribution in [3.63, 3.8) is 0 Å². The van der Waals surface area contributed by atoms with E-state index in [2.05, 4.69) is 15.5 Å².